The summed E-state index contributed by atoms with van der Waals surface area (Å²) in [6.07, 6.45) is 4.58. The number of hydrogen-bond acceptors (Lipinski definition) is 4. The van der Waals surface area contributed by atoms with Crippen LogP contribution < -0.4 is 5.32 Å². The van der Waals surface area contributed by atoms with Crippen molar-refractivity contribution >= 4 is 24.2 Å². The molecule has 0 atom stereocenters. The maximum atomic E-state index is 13.5. The molecule has 1 aromatic heterocycles. The van der Waals surface area contributed by atoms with Crippen LogP contribution in [0.4, 0.5) is 0 Å². The van der Waals surface area contributed by atoms with Crippen molar-refractivity contribution in [2.75, 3.05) is 6.54 Å². The molecule has 0 bridgehead atoms. The third-order valence-corrected chi connectivity index (χ3v) is 6.54. The highest BCUT2D eigenvalue weighted by atomic mass is 35.5. The van der Waals surface area contributed by atoms with Gasteiger partial charge in [0.05, 0.1) is 12.2 Å². The first kappa shape index (κ1) is 20.2. The minimum absolute atomic E-state index is 0.0166. The Kier molecular flexibility index (Phi) is 5.09. The third kappa shape index (κ3) is 3.87. The van der Waals surface area contributed by atoms with Crippen molar-refractivity contribution in [2.45, 2.75) is 77.9 Å². The normalized spacial score (nSPS) is 20.5. The lowest BCUT2D eigenvalue weighted by atomic mass is 10.00. The summed E-state index contributed by atoms with van der Waals surface area (Å²) in [5.41, 5.74) is 3.55. The van der Waals surface area contributed by atoms with Crippen LogP contribution in [-0.4, -0.2) is 39.2 Å². The zero-order chi connectivity index (χ0) is 20.9. The predicted molar refractivity (Wildman–Crippen MR) is 116 cm³/mol. The number of rotatable bonds is 6. The number of aromatic nitrogens is 2. The standard InChI is InChI=1S/C22H30ClN5O/c1-13(2)17(14(3)19(24-5)26-22(4)8-9-22)21(29)27-10-11-28-16(12-27)18(23)25-20(28)15-6-7-15/h15,26H,5-12H2,1-4H3/b19-14-. The molecule has 0 radical (unpaired) electrons. The smallest absolute Gasteiger partial charge is 0.254 e. The molecule has 7 heteroatoms. The molecular weight excluding hydrogens is 386 g/mol. The number of halogens is 1. The number of nitrogens with one attached hydrogen (secondary N) is 1. The summed E-state index contributed by atoms with van der Waals surface area (Å²) in [5.74, 6) is 2.35. The first-order valence-corrected chi connectivity index (χ1v) is 10.8. The van der Waals surface area contributed by atoms with E-state index >= 15 is 0 Å². The minimum Gasteiger partial charge on any atom is -0.365 e. The first-order chi connectivity index (χ1) is 13.7. The molecule has 2 saturated carbocycles. The molecule has 0 aromatic carbocycles. The van der Waals surface area contributed by atoms with Gasteiger partial charge in [-0.15, -0.1) is 0 Å². The highest BCUT2D eigenvalue weighted by molar-refractivity contribution is 6.30. The fourth-order valence-corrected chi connectivity index (χ4v) is 4.31. The van der Waals surface area contributed by atoms with Crippen LogP contribution in [-0.2, 0) is 17.9 Å². The Hall–Kier alpha value is -2.08. The lowest BCUT2D eigenvalue weighted by Crippen LogP contribution is -2.40. The van der Waals surface area contributed by atoms with Crippen molar-refractivity contribution < 1.29 is 4.79 Å². The summed E-state index contributed by atoms with van der Waals surface area (Å²) < 4.78 is 2.22. The number of aliphatic imine (C=N–C) groups is 1. The van der Waals surface area contributed by atoms with Crippen LogP contribution in [0.1, 0.15) is 70.8 Å². The number of hydrogen-bond donors (Lipinski definition) is 1. The van der Waals surface area contributed by atoms with E-state index in [0.29, 0.717) is 35.6 Å². The molecule has 2 fully saturated rings. The monoisotopic (exact) mass is 415 g/mol. The van der Waals surface area contributed by atoms with Crippen LogP contribution in [0.15, 0.2) is 27.5 Å². The molecule has 2 aliphatic carbocycles. The van der Waals surface area contributed by atoms with Gasteiger partial charge in [0.1, 0.15) is 11.6 Å². The van der Waals surface area contributed by atoms with E-state index in [1.807, 2.05) is 25.7 Å². The van der Waals surface area contributed by atoms with Crippen LogP contribution >= 0.6 is 11.6 Å². The fraction of sp³-hybridized carbons (Fsp3) is 0.591. The second-order valence-electron chi connectivity index (χ2n) is 9.05. The maximum Gasteiger partial charge on any atom is 0.254 e. The van der Waals surface area contributed by atoms with Crippen molar-refractivity contribution in [1.82, 2.24) is 19.8 Å². The van der Waals surface area contributed by atoms with E-state index in [1.54, 1.807) is 0 Å². The quantitative estimate of drug-likeness (QED) is 0.431. The summed E-state index contributed by atoms with van der Waals surface area (Å²) in [4.78, 5) is 24.2. The summed E-state index contributed by atoms with van der Waals surface area (Å²) in [6.45, 7) is 13.7. The average Bonchev–Trinajstić information content (AvgIpc) is 3.61. The second kappa shape index (κ2) is 7.31. The number of fused-ring (bicyclic) bond motifs is 1. The highest BCUT2D eigenvalue weighted by Gasteiger charge is 2.39. The zero-order valence-electron chi connectivity index (χ0n) is 17.8. The Labute approximate surface area is 177 Å². The molecule has 4 rings (SSSR count). The van der Waals surface area contributed by atoms with Crippen molar-refractivity contribution in [3.8, 4) is 0 Å². The molecule has 156 valence electrons. The Bertz CT molecular complexity index is 929. The second-order valence-corrected chi connectivity index (χ2v) is 9.41. The van der Waals surface area contributed by atoms with Crippen molar-refractivity contribution in [1.29, 1.82) is 0 Å². The third-order valence-electron chi connectivity index (χ3n) is 6.24. The van der Waals surface area contributed by atoms with Gasteiger partial charge < -0.3 is 14.8 Å². The molecule has 2 heterocycles. The molecule has 1 aromatic rings. The Morgan fingerprint density at radius 3 is 2.52 bits per heavy atom. The fourth-order valence-electron chi connectivity index (χ4n) is 4.06. The molecule has 0 spiro atoms. The van der Waals surface area contributed by atoms with E-state index in [0.717, 1.165) is 42.1 Å². The van der Waals surface area contributed by atoms with Crippen molar-refractivity contribution in [3.05, 3.63) is 39.2 Å². The minimum atomic E-state index is 0.0166. The van der Waals surface area contributed by atoms with Gasteiger partial charge in [-0.1, -0.05) is 17.2 Å². The highest BCUT2D eigenvalue weighted by Crippen LogP contribution is 2.42. The van der Waals surface area contributed by atoms with E-state index in [9.17, 15) is 4.79 Å². The van der Waals surface area contributed by atoms with E-state index in [2.05, 4.69) is 33.5 Å². The lowest BCUT2D eigenvalue weighted by molar-refractivity contribution is -0.128. The molecule has 6 nitrogen and oxygen atoms in total. The van der Waals surface area contributed by atoms with Crippen LogP contribution in [0.25, 0.3) is 0 Å². The number of allylic oxidation sites excluding steroid dienone is 1. The largest absolute Gasteiger partial charge is 0.365 e. The van der Waals surface area contributed by atoms with Gasteiger partial charge in [-0.05, 0) is 60.1 Å². The Morgan fingerprint density at radius 2 is 1.97 bits per heavy atom. The molecule has 29 heavy (non-hydrogen) atoms. The van der Waals surface area contributed by atoms with Crippen molar-refractivity contribution in [3.63, 3.8) is 0 Å². The Balaban J connectivity index is 1.60. The first-order valence-electron chi connectivity index (χ1n) is 10.4. The Morgan fingerprint density at radius 1 is 1.28 bits per heavy atom. The summed E-state index contributed by atoms with van der Waals surface area (Å²) in [7, 11) is 0. The molecular formula is C22H30ClN5O. The van der Waals surface area contributed by atoms with Gasteiger partial charge in [-0.2, -0.15) is 0 Å². The van der Waals surface area contributed by atoms with Gasteiger partial charge in [0, 0.05) is 35.7 Å². The van der Waals surface area contributed by atoms with Gasteiger partial charge in [0.25, 0.3) is 5.91 Å². The molecule has 3 aliphatic rings. The molecule has 1 amide bonds. The number of carbonyl (C=O) groups excluding carboxylic acids is 1. The molecule has 1 N–H and O–H groups in total. The summed E-state index contributed by atoms with van der Waals surface area (Å²) >= 11 is 6.44. The van der Waals surface area contributed by atoms with E-state index in [4.69, 9.17) is 11.6 Å². The lowest BCUT2D eigenvalue weighted by Gasteiger charge is -2.31. The van der Waals surface area contributed by atoms with Crippen LogP contribution in [0.3, 0.4) is 0 Å². The van der Waals surface area contributed by atoms with Gasteiger partial charge in [-0.3, -0.25) is 4.79 Å². The molecule has 1 aliphatic heterocycles. The average molecular weight is 416 g/mol. The van der Waals surface area contributed by atoms with E-state index < -0.39 is 0 Å². The molecule has 0 saturated heterocycles. The SMILES string of the molecule is C=N/C(NC1(C)CC1)=C(\C)C(C(=O)N1CCn2c(C3CC3)nc(Cl)c2C1)=C(C)C. The maximum absolute atomic E-state index is 13.5. The van der Waals surface area contributed by atoms with E-state index in [-0.39, 0.29) is 11.4 Å². The predicted octanol–water partition coefficient (Wildman–Crippen LogP) is 4.17. The topological polar surface area (TPSA) is 62.5 Å². The van der Waals surface area contributed by atoms with E-state index in [1.165, 1.54) is 12.8 Å². The summed E-state index contributed by atoms with van der Waals surface area (Å²) in [5, 5.41) is 4.00. The van der Waals surface area contributed by atoms with Crippen molar-refractivity contribution in [2.24, 2.45) is 4.99 Å². The number of nitrogens with zero attached hydrogens (tertiary/aromatic N) is 4. The van der Waals surface area contributed by atoms with Gasteiger partial charge in [0.2, 0.25) is 0 Å². The number of carbonyl (C=O) groups is 1. The van der Waals surface area contributed by atoms with Crippen LogP contribution in [0, 0.1) is 0 Å². The van der Waals surface area contributed by atoms with Gasteiger partial charge >= 0.3 is 0 Å². The van der Waals surface area contributed by atoms with Gasteiger partial charge in [0.15, 0.2) is 5.15 Å². The summed E-state index contributed by atoms with van der Waals surface area (Å²) in [6, 6.07) is 0. The van der Waals surface area contributed by atoms with Crippen LogP contribution in [0.2, 0.25) is 5.15 Å². The molecule has 0 unspecified atom stereocenters. The zero-order valence-corrected chi connectivity index (χ0v) is 18.6. The van der Waals surface area contributed by atoms with Crippen LogP contribution in [0.5, 0.6) is 0 Å². The number of imidazole rings is 1. The van der Waals surface area contributed by atoms with Gasteiger partial charge in [-0.25, -0.2) is 9.98 Å². The number of amides is 1.